The third kappa shape index (κ3) is 5.90. The van der Waals surface area contributed by atoms with E-state index < -0.39 is 12.8 Å². The maximum Gasteiger partial charge on any atom is 0.422 e. The predicted octanol–water partition coefficient (Wildman–Crippen LogP) is 4.08. The summed E-state index contributed by atoms with van der Waals surface area (Å²) in [5.74, 6) is 0.188. The van der Waals surface area contributed by atoms with Gasteiger partial charge in [0, 0.05) is 42.3 Å². The van der Waals surface area contributed by atoms with E-state index in [2.05, 4.69) is 45.3 Å². The number of benzene rings is 1. The number of hydrogen-bond donors (Lipinski definition) is 1. The second kappa shape index (κ2) is 7.97. The van der Waals surface area contributed by atoms with E-state index in [0.717, 1.165) is 23.4 Å². The van der Waals surface area contributed by atoms with E-state index in [9.17, 15) is 13.2 Å². The second-order valence-electron chi connectivity index (χ2n) is 4.30. The van der Waals surface area contributed by atoms with E-state index in [0.29, 0.717) is 3.92 Å². The number of alkyl halides is 4. The van der Waals surface area contributed by atoms with Gasteiger partial charge in [-0.15, -0.1) is 17.8 Å². The fraction of sp³-hybridized carbons (Fsp3) is 0.286. The van der Waals surface area contributed by atoms with Crippen molar-refractivity contribution >= 4 is 28.3 Å². The largest absolute Gasteiger partial charge is 0.484 e. The number of hydrogen-bond acceptors (Lipinski definition) is 2. The monoisotopic (exact) mass is 483 g/mol. The summed E-state index contributed by atoms with van der Waals surface area (Å²) in [6.45, 7) is 2.63. The fourth-order valence-corrected chi connectivity index (χ4v) is 2.03. The molecule has 1 heterocycles. The Labute approximate surface area is 160 Å². The van der Waals surface area contributed by atoms with Gasteiger partial charge in [0.15, 0.2) is 6.61 Å². The van der Waals surface area contributed by atoms with Crippen LogP contribution in [-0.2, 0) is 32.7 Å². The Morgan fingerprint density at radius 3 is 2.48 bits per heavy atom. The predicted molar refractivity (Wildman–Crippen MR) is 79.3 cm³/mol. The van der Waals surface area contributed by atoms with Crippen molar-refractivity contribution in [3.8, 4) is 5.75 Å². The first-order valence-corrected chi connectivity index (χ1v) is 7.10. The van der Waals surface area contributed by atoms with Gasteiger partial charge in [-0.2, -0.15) is 18.7 Å². The summed E-state index contributed by atoms with van der Waals surface area (Å²) in [5, 5.41) is 3.14. The molecule has 0 bridgehead atoms. The van der Waals surface area contributed by atoms with Crippen molar-refractivity contribution in [2.24, 2.45) is 0 Å². The molecule has 2 rings (SSSR count). The molecule has 7 heteroatoms. The molecule has 1 N–H and O–H groups in total. The van der Waals surface area contributed by atoms with Crippen LogP contribution in [0.3, 0.4) is 0 Å². The SMILES string of the molecule is C=C1NC(c2ccc(OCC(F)(F)F)cc2)=[C-]CC1I.[Y]. The molecule has 1 unspecified atom stereocenters. The first-order valence-electron chi connectivity index (χ1n) is 5.86. The van der Waals surface area contributed by atoms with Crippen LogP contribution in [0.1, 0.15) is 12.0 Å². The normalized spacial score (nSPS) is 18.4. The van der Waals surface area contributed by atoms with Gasteiger partial charge in [-0.25, -0.2) is 6.08 Å². The Morgan fingerprint density at radius 2 is 1.95 bits per heavy atom. The average molecular weight is 483 g/mol. The van der Waals surface area contributed by atoms with E-state index >= 15 is 0 Å². The van der Waals surface area contributed by atoms with Gasteiger partial charge in [-0.3, -0.25) is 0 Å². The van der Waals surface area contributed by atoms with Gasteiger partial charge in [0.2, 0.25) is 0 Å². The number of allylic oxidation sites excluding steroid dienone is 2. The van der Waals surface area contributed by atoms with Crippen LogP contribution in [0, 0.1) is 6.08 Å². The van der Waals surface area contributed by atoms with E-state index in [1.54, 1.807) is 12.1 Å². The first kappa shape index (κ1) is 19.0. The molecule has 0 aromatic heterocycles. The minimum atomic E-state index is -4.33. The second-order valence-corrected chi connectivity index (χ2v) is 5.81. The maximum absolute atomic E-state index is 12.0. The summed E-state index contributed by atoms with van der Waals surface area (Å²) in [4.78, 5) is 0. The Morgan fingerprint density at radius 1 is 1.33 bits per heavy atom. The molecule has 1 aliphatic heterocycles. The van der Waals surface area contributed by atoms with Crippen molar-refractivity contribution < 1.29 is 50.6 Å². The van der Waals surface area contributed by atoms with E-state index in [1.165, 1.54) is 12.1 Å². The van der Waals surface area contributed by atoms with Crippen LogP contribution in [0.2, 0.25) is 0 Å². The molecule has 1 aromatic rings. The van der Waals surface area contributed by atoms with Crippen LogP contribution >= 0.6 is 22.6 Å². The number of rotatable bonds is 3. The summed E-state index contributed by atoms with van der Waals surface area (Å²) in [5.41, 5.74) is 2.54. The molecule has 0 aliphatic carbocycles. The molecule has 2 nitrogen and oxygen atoms in total. The van der Waals surface area contributed by atoms with Crippen molar-refractivity contribution in [1.82, 2.24) is 5.32 Å². The number of halogens is 4. The topological polar surface area (TPSA) is 21.3 Å². The van der Waals surface area contributed by atoms with Gasteiger partial charge in [-0.1, -0.05) is 35.6 Å². The third-order valence-corrected chi connectivity index (χ3v) is 3.86. The summed E-state index contributed by atoms with van der Waals surface area (Å²) in [7, 11) is 0. The minimum Gasteiger partial charge on any atom is -0.484 e. The molecule has 0 amide bonds. The fourth-order valence-electron chi connectivity index (χ4n) is 1.66. The van der Waals surface area contributed by atoms with Gasteiger partial charge >= 0.3 is 6.18 Å². The van der Waals surface area contributed by atoms with Crippen LogP contribution in [-0.4, -0.2) is 16.7 Å². The molecular weight excluding hydrogens is 471 g/mol. The average Bonchev–Trinajstić information content (AvgIpc) is 2.39. The molecule has 0 saturated carbocycles. The summed E-state index contributed by atoms with van der Waals surface area (Å²) < 4.78 is 41.0. The van der Waals surface area contributed by atoms with Crippen LogP contribution in [0.15, 0.2) is 36.5 Å². The van der Waals surface area contributed by atoms with E-state index in [4.69, 9.17) is 0 Å². The van der Waals surface area contributed by atoms with Gasteiger partial charge in [0.25, 0.3) is 0 Å². The molecule has 1 aliphatic rings. The molecule has 1 radical (unpaired) electrons. The van der Waals surface area contributed by atoms with Crippen LogP contribution in [0.25, 0.3) is 5.70 Å². The Kier molecular flexibility index (Phi) is 7.20. The quantitative estimate of drug-likeness (QED) is 0.398. The molecule has 21 heavy (non-hydrogen) atoms. The summed E-state index contributed by atoms with van der Waals surface area (Å²) in [6.07, 6.45) is -0.361. The zero-order chi connectivity index (χ0) is 14.8. The Balaban J connectivity index is 0.00000220. The van der Waals surface area contributed by atoms with Crippen molar-refractivity contribution in [3.05, 3.63) is 48.2 Å². The van der Waals surface area contributed by atoms with Crippen molar-refractivity contribution in [2.75, 3.05) is 6.61 Å². The number of nitrogens with one attached hydrogen (secondary N) is 1. The standard InChI is InChI=1S/C14H12F3INO.Y/c1-9-12(18)6-7-13(19-9)10-2-4-11(5-3-10)20-8-14(15,16)17;/h2-5,12,19H,1,6,8H2;/q-1;. The third-order valence-electron chi connectivity index (χ3n) is 2.67. The molecule has 0 spiro atoms. The van der Waals surface area contributed by atoms with E-state index in [1.807, 2.05) is 0 Å². The van der Waals surface area contributed by atoms with Crippen LogP contribution < -0.4 is 10.1 Å². The van der Waals surface area contributed by atoms with Crippen LogP contribution in [0.4, 0.5) is 13.2 Å². The first-order chi connectivity index (χ1) is 9.35. The van der Waals surface area contributed by atoms with Crippen molar-refractivity contribution in [3.63, 3.8) is 0 Å². The van der Waals surface area contributed by atoms with Gasteiger partial charge in [0.1, 0.15) is 5.75 Å². The summed E-state index contributed by atoms with van der Waals surface area (Å²) >= 11 is 2.27. The molecule has 0 saturated heterocycles. The Bertz CT molecular complexity index is 528. The van der Waals surface area contributed by atoms with Crippen LogP contribution in [0.5, 0.6) is 5.75 Å². The maximum atomic E-state index is 12.0. The molecule has 0 fully saturated rings. The van der Waals surface area contributed by atoms with Gasteiger partial charge < -0.3 is 10.1 Å². The molecule has 111 valence electrons. The number of ether oxygens (including phenoxy) is 1. The summed E-state index contributed by atoms with van der Waals surface area (Å²) in [6, 6.07) is 6.41. The smallest absolute Gasteiger partial charge is 0.422 e. The minimum absolute atomic E-state index is 0. The van der Waals surface area contributed by atoms with Crippen molar-refractivity contribution in [2.45, 2.75) is 16.5 Å². The molecular formula is C14H12F3INOY-. The molecule has 1 aromatic carbocycles. The van der Waals surface area contributed by atoms with E-state index in [-0.39, 0.29) is 38.5 Å². The zero-order valence-corrected chi connectivity index (χ0v) is 16.0. The zero-order valence-electron chi connectivity index (χ0n) is 11.0. The molecule has 1 atom stereocenters. The van der Waals surface area contributed by atoms with Gasteiger partial charge in [-0.05, 0) is 12.1 Å². The Hall–Kier alpha value is -0.0761. The van der Waals surface area contributed by atoms with Gasteiger partial charge in [0.05, 0.1) is 0 Å². The van der Waals surface area contributed by atoms with Crippen molar-refractivity contribution in [1.29, 1.82) is 0 Å².